The molecule has 0 radical (unpaired) electrons. The van der Waals surface area contributed by atoms with E-state index in [2.05, 4.69) is 31.2 Å². The molecule has 21 heavy (non-hydrogen) atoms. The van der Waals surface area contributed by atoms with Crippen LogP contribution in [0.3, 0.4) is 0 Å². The summed E-state index contributed by atoms with van der Waals surface area (Å²) < 4.78 is 10.6. The van der Waals surface area contributed by atoms with Crippen LogP contribution in [0, 0.1) is 0 Å². The Bertz CT molecular complexity index is 578. The topological polar surface area (TPSA) is 18.5 Å². The second kappa shape index (κ2) is 7.37. The van der Waals surface area contributed by atoms with Gasteiger partial charge in [0.1, 0.15) is 0 Å². The van der Waals surface area contributed by atoms with Crippen molar-refractivity contribution in [2.75, 3.05) is 14.2 Å². The molecule has 1 atom stereocenters. The summed E-state index contributed by atoms with van der Waals surface area (Å²) >= 11 is 6.53. The SMILES string of the molecule is CCc1ccc(C(Cl)Cc2ccc(OC)c(OC)c2)cc1. The van der Waals surface area contributed by atoms with E-state index in [1.165, 1.54) is 5.56 Å². The summed E-state index contributed by atoms with van der Waals surface area (Å²) in [5.41, 5.74) is 3.60. The molecule has 0 N–H and O–H groups in total. The Labute approximate surface area is 131 Å². The van der Waals surface area contributed by atoms with Gasteiger partial charge < -0.3 is 9.47 Å². The van der Waals surface area contributed by atoms with Crippen LogP contribution >= 0.6 is 11.6 Å². The van der Waals surface area contributed by atoms with Gasteiger partial charge in [-0.15, -0.1) is 11.6 Å². The van der Waals surface area contributed by atoms with E-state index in [-0.39, 0.29) is 5.38 Å². The molecule has 2 rings (SSSR count). The highest BCUT2D eigenvalue weighted by Crippen LogP contribution is 2.31. The van der Waals surface area contributed by atoms with Gasteiger partial charge in [0.2, 0.25) is 0 Å². The van der Waals surface area contributed by atoms with Crippen molar-refractivity contribution in [3.63, 3.8) is 0 Å². The average Bonchev–Trinajstić information content (AvgIpc) is 2.54. The summed E-state index contributed by atoms with van der Waals surface area (Å²) in [6.07, 6.45) is 1.80. The monoisotopic (exact) mass is 304 g/mol. The zero-order valence-corrected chi connectivity index (χ0v) is 13.5. The summed E-state index contributed by atoms with van der Waals surface area (Å²) in [6, 6.07) is 14.4. The van der Waals surface area contributed by atoms with Crippen LogP contribution in [-0.4, -0.2) is 14.2 Å². The highest BCUT2D eigenvalue weighted by molar-refractivity contribution is 6.20. The lowest BCUT2D eigenvalue weighted by Gasteiger charge is -2.13. The van der Waals surface area contributed by atoms with Crippen LogP contribution in [-0.2, 0) is 12.8 Å². The molecule has 0 saturated carbocycles. The number of benzene rings is 2. The van der Waals surface area contributed by atoms with Crippen LogP contribution in [0.5, 0.6) is 11.5 Å². The maximum atomic E-state index is 6.53. The molecule has 2 nitrogen and oxygen atoms in total. The van der Waals surface area contributed by atoms with E-state index in [1.54, 1.807) is 14.2 Å². The number of aryl methyl sites for hydroxylation is 1. The maximum absolute atomic E-state index is 6.53. The van der Waals surface area contributed by atoms with Crippen LogP contribution in [0.4, 0.5) is 0 Å². The predicted octanol–water partition coefficient (Wildman–Crippen LogP) is 4.79. The minimum atomic E-state index is -0.0472. The fourth-order valence-electron chi connectivity index (χ4n) is 2.29. The van der Waals surface area contributed by atoms with Crippen LogP contribution in [0.2, 0.25) is 0 Å². The molecule has 0 bridgehead atoms. The molecule has 0 heterocycles. The zero-order chi connectivity index (χ0) is 15.2. The third kappa shape index (κ3) is 3.92. The molecule has 0 aromatic heterocycles. The lowest BCUT2D eigenvalue weighted by Crippen LogP contribution is -1.98. The minimum Gasteiger partial charge on any atom is -0.493 e. The fourth-order valence-corrected chi connectivity index (χ4v) is 2.62. The first-order valence-electron chi connectivity index (χ1n) is 7.11. The molecule has 112 valence electrons. The number of alkyl halides is 1. The van der Waals surface area contributed by atoms with Gasteiger partial charge in [0, 0.05) is 0 Å². The first-order valence-corrected chi connectivity index (χ1v) is 7.55. The Morgan fingerprint density at radius 2 is 1.52 bits per heavy atom. The van der Waals surface area contributed by atoms with Gasteiger partial charge >= 0.3 is 0 Å². The van der Waals surface area contributed by atoms with E-state index < -0.39 is 0 Å². The second-order valence-electron chi connectivity index (χ2n) is 4.96. The Kier molecular flexibility index (Phi) is 5.51. The molecule has 0 spiro atoms. The first-order chi connectivity index (χ1) is 10.2. The highest BCUT2D eigenvalue weighted by atomic mass is 35.5. The normalized spacial score (nSPS) is 12.0. The minimum absolute atomic E-state index is 0.0472. The molecule has 0 saturated heterocycles. The van der Waals surface area contributed by atoms with Crippen molar-refractivity contribution in [1.29, 1.82) is 0 Å². The van der Waals surface area contributed by atoms with Crippen LogP contribution in [0.15, 0.2) is 42.5 Å². The summed E-state index contributed by atoms with van der Waals surface area (Å²) in [7, 11) is 3.28. The van der Waals surface area contributed by atoms with Crippen molar-refractivity contribution >= 4 is 11.6 Å². The molecule has 0 fully saturated rings. The number of methoxy groups -OCH3 is 2. The van der Waals surface area contributed by atoms with E-state index in [0.717, 1.165) is 35.5 Å². The number of hydrogen-bond acceptors (Lipinski definition) is 2. The lowest BCUT2D eigenvalue weighted by molar-refractivity contribution is 0.354. The molecule has 2 aromatic carbocycles. The van der Waals surface area contributed by atoms with Gasteiger partial charge in [-0.1, -0.05) is 37.3 Å². The lowest BCUT2D eigenvalue weighted by atomic mass is 10.0. The van der Waals surface area contributed by atoms with E-state index in [1.807, 2.05) is 18.2 Å². The van der Waals surface area contributed by atoms with Crippen molar-refractivity contribution in [3.05, 3.63) is 59.2 Å². The van der Waals surface area contributed by atoms with Crippen molar-refractivity contribution in [1.82, 2.24) is 0 Å². The first kappa shape index (κ1) is 15.7. The number of ether oxygens (including phenoxy) is 2. The number of halogens is 1. The Balaban J connectivity index is 2.12. The largest absolute Gasteiger partial charge is 0.493 e. The molecule has 1 unspecified atom stereocenters. The third-order valence-electron chi connectivity index (χ3n) is 3.61. The molecular weight excluding hydrogens is 284 g/mol. The predicted molar refractivity (Wildman–Crippen MR) is 87.7 cm³/mol. The molecule has 0 aliphatic rings. The fraction of sp³-hybridized carbons (Fsp3) is 0.333. The number of rotatable bonds is 6. The van der Waals surface area contributed by atoms with Crippen LogP contribution in [0.1, 0.15) is 29.0 Å². The van der Waals surface area contributed by atoms with E-state index >= 15 is 0 Å². The summed E-state index contributed by atoms with van der Waals surface area (Å²) in [5.74, 6) is 1.47. The Morgan fingerprint density at radius 1 is 0.905 bits per heavy atom. The Hall–Kier alpha value is -1.67. The smallest absolute Gasteiger partial charge is 0.160 e. The quantitative estimate of drug-likeness (QED) is 0.714. The summed E-state index contributed by atoms with van der Waals surface area (Å²) in [5, 5.41) is -0.0472. The van der Waals surface area contributed by atoms with Crippen molar-refractivity contribution in [2.45, 2.75) is 25.1 Å². The van der Waals surface area contributed by atoms with Gasteiger partial charge in [0.15, 0.2) is 11.5 Å². The van der Waals surface area contributed by atoms with Crippen molar-refractivity contribution < 1.29 is 9.47 Å². The van der Waals surface area contributed by atoms with Crippen molar-refractivity contribution in [3.8, 4) is 11.5 Å². The molecule has 0 aliphatic heterocycles. The summed E-state index contributed by atoms with van der Waals surface area (Å²) in [4.78, 5) is 0. The van der Waals surface area contributed by atoms with Crippen molar-refractivity contribution in [2.24, 2.45) is 0 Å². The molecule has 2 aromatic rings. The van der Waals surface area contributed by atoms with E-state index in [9.17, 15) is 0 Å². The summed E-state index contributed by atoms with van der Waals surface area (Å²) in [6.45, 7) is 2.15. The second-order valence-corrected chi connectivity index (χ2v) is 5.48. The molecular formula is C18H21ClO2. The van der Waals surface area contributed by atoms with Gasteiger partial charge in [-0.05, 0) is 41.7 Å². The Morgan fingerprint density at radius 3 is 2.10 bits per heavy atom. The standard InChI is InChI=1S/C18H21ClO2/c1-4-13-5-8-15(9-6-13)16(19)11-14-7-10-17(20-2)18(12-14)21-3/h5-10,12,16H,4,11H2,1-3H3. The van der Waals surface area contributed by atoms with Gasteiger partial charge in [0.05, 0.1) is 19.6 Å². The van der Waals surface area contributed by atoms with Crippen LogP contribution < -0.4 is 9.47 Å². The average molecular weight is 305 g/mol. The van der Waals surface area contributed by atoms with Gasteiger partial charge in [-0.3, -0.25) is 0 Å². The van der Waals surface area contributed by atoms with Gasteiger partial charge in [-0.25, -0.2) is 0 Å². The number of hydrogen-bond donors (Lipinski definition) is 0. The maximum Gasteiger partial charge on any atom is 0.160 e. The van der Waals surface area contributed by atoms with E-state index in [4.69, 9.17) is 21.1 Å². The highest BCUT2D eigenvalue weighted by Gasteiger charge is 2.11. The molecule has 0 aliphatic carbocycles. The zero-order valence-electron chi connectivity index (χ0n) is 12.7. The van der Waals surface area contributed by atoms with Gasteiger partial charge in [0.25, 0.3) is 0 Å². The molecule has 3 heteroatoms. The van der Waals surface area contributed by atoms with E-state index in [0.29, 0.717) is 0 Å². The third-order valence-corrected chi connectivity index (χ3v) is 4.02. The molecule has 0 amide bonds. The van der Waals surface area contributed by atoms with Gasteiger partial charge in [-0.2, -0.15) is 0 Å². The van der Waals surface area contributed by atoms with Crippen LogP contribution in [0.25, 0.3) is 0 Å².